The number of carbonyl (C=O) groups excluding carboxylic acids is 1. The van der Waals surface area contributed by atoms with Gasteiger partial charge in [-0.1, -0.05) is 36.4 Å². The minimum atomic E-state index is -0.156. The number of hydrogen-bond acceptors (Lipinski definition) is 3. The lowest BCUT2D eigenvalue weighted by molar-refractivity contribution is 0.0948. The third-order valence-electron chi connectivity index (χ3n) is 4.77. The van der Waals surface area contributed by atoms with E-state index in [9.17, 15) is 4.79 Å². The van der Waals surface area contributed by atoms with Gasteiger partial charge in [-0.2, -0.15) is 10.2 Å². The standard InChI is InChI=1S/C23H23N5O/c1-18-19(17-28(25-18)21-12-6-3-7-13-21)9-8-15-24-23(29)22-14-16-27(26-22)20-10-4-2-5-11-20/h2-7,10-14,16-17H,8-9,15H2,1H3,(H,24,29). The number of para-hydroxylation sites is 2. The Hall–Kier alpha value is -3.67. The second-order valence-electron chi connectivity index (χ2n) is 6.86. The van der Waals surface area contributed by atoms with E-state index in [-0.39, 0.29) is 5.91 Å². The van der Waals surface area contributed by atoms with Crippen LogP contribution in [0, 0.1) is 6.92 Å². The zero-order valence-corrected chi connectivity index (χ0v) is 16.3. The normalized spacial score (nSPS) is 10.8. The molecule has 29 heavy (non-hydrogen) atoms. The van der Waals surface area contributed by atoms with Crippen LogP contribution in [-0.2, 0) is 6.42 Å². The number of nitrogens with one attached hydrogen (secondary N) is 1. The molecule has 0 spiro atoms. The summed E-state index contributed by atoms with van der Waals surface area (Å²) < 4.78 is 3.61. The molecule has 0 saturated heterocycles. The van der Waals surface area contributed by atoms with Gasteiger partial charge in [0.2, 0.25) is 0 Å². The molecular weight excluding hydrogens is 362 g/mol. The molecule has 6 heteroatoms. The largest absolute Gasteiger partial charge is 0.351 e. The molecule has 4 rings (SSSR count). The molecule has 0 radical (unpaired) electrons. The number of nitrogens with zero attached hydrogens (tertiary/aromatic N) is 4. The maximum atomic E-state index is 12.4. The quantitative estimate of drug-likeness (QED) is 0.493. The first kappa shape index (κ1) is 18.7. The number of aryl methyl sites for hydroxylation is 2. The summed E-state index contributed by atoms with van der Waals surface area (Å²) in [4.78, 5) is 12.4. The van der Waals surface area contributed by atoms with Gasteiger partial charge in [0.15, 0.2) is 5.69 Å². The summed E-state index contributed by atoms with van der Waals surface area (Å²) in [6, 6.07) is 21.5. The fourth-order valence-electron chi connectivity index (χ4n) is 3.20. The van der Waals surface area contributed by atoms with Crippen molar-refractivity contribution in [1.29, 1.82) is 0 Å². The first-order valence-corrected chi connectivity index (χ1v) is 9.70. The molecule has 1 amide bonds. The van der Waals surface area contributed by atoms with Crippen LogP contribution in [0.1, 0.15) is 28.2 Å². The number of carbonyl (C=O) groups is 1. The van der Waals surface area contributed by atoms with E-state index in [0.29, 0.717) is 12.2 Å². The van der Waals surface area contributed by atoms with Crippen molar-refractivity contribution in [2.24, 2.45) is 0 Å². The number of rotatable bonds is 7. The van der Waals surface area contributed by atoms with E-state index in [1.807, 2.05) is 72.3 Å². The van der Waals surface area contributed by atoms with Gasteiger partial charge in [0.1, 0.15) is 0 Å². The van der Waals surface area contributed by atoms with Gasteiger partial charge in [-0.3, -0.25) is 4.79 Å². The van der Waals surface area contributed by atoms with Crippen molar-refractivity contribution < 1.29 is 4.79 Å². The van der Waals surface area contributed by atoms with Crippen molar-refractivity contribution >= 4 is 5.91 Å². The first-order chi connectivity index (χ1) is 14.2. The molecule has 4 aromatic rings. The van der Waals surface area contributed by atoms with Gasteiger partial charge in [-0.15, -0.1) is 0 Å². The van der Waals surface area contributed by atoms with Gasteiger partial charge in [0.25, 0.3) is 5.91 Å². The summed E-state index contributed by atoms with van der Waals surface area (Å²) in [5.74, 6) is -0.156. The maximum Gasteiger partial charge on any atom is 0.271 e. The smallest absolute Gasteiger partial charge is 0.271 e. The highest BCUT2D eigenvalue weighted by Crippen LogP contribution is 2.13. The highest BCUT2D eigenvalue weighted by atomic mass is 16.1. The Balaban J connectivity index is 1.29. The summed E-state index contributed by atoms with van der Waals surface area (Å²) in [5, 5.41) is 11.9. The molecule has 0 aliphatic heterocycles. The van der Waals surface area contributed by atoms with E-state index in [4.69, 9.17) is 0 Å². The summed E-state index contributed by atoms with van der Waals surface area (Å²) >= 11 is 0. The molecule has 6 nitrogen and oxygen atoms in total. The van der Waals surface area contributed by atoms with Crippen molar-refractivity contribution in [2.45, 2.75) is 19.8 Å². The third kappa shape index (κ3) is 4.43. The highest BCUT2D eigenvalue weighted by Gasteiger charge is 2.10. The number of aromatic nitrogens is 4. The fraction of sp³-hybridized carbons (Fsp3) is 0.174. The van der Waals surface area contributed by atoms with Crippen LogP contribution in [0.3, 0.4) is 0 Å². The molecule has 0 atom stereocenters. The first-order valence-electron chi connectivity index (χ1n) is 9.70. The predicted octanol–water partition coefficient (Wildman–Crippen LogP) is 3.73. The van der Waals surface area contributed by atoms with Crippen LogP contribution in [0.15, 0.2) is 79.1 Å². The van der Waals surface area contributed by atoms with Crippen LogP contribution < -0.4 is 5.32 Å². The summed E-state index contributed by atoms with van der Waals surface area (Å²) in [6.45, 7) is 2.61. The molecule has 0 aliphatic rings. The van der Waals surface area contributed by atoms with Gasteiger partial charge in [-0.25, -0.2) is 9.36 Å². The van der Waals surface area contributed by atoms with Crippen molar-refractivity contribution in [1.82, 2.24) is 24.9 Å². The molecule has 0 saturated carbocycles. The van der Waals surface area contributed by atoms with Crippen molar-refractivity contribution in [2.75, 3.05) is 6.54 Å². The average molecular weight is 385 g/mol. The summed E-state index contributed by atoms with van der Waals surface area (Å²) in [7, 11) is 0. The minimum absolute atomic E-state index is 0.156. The van der Waals surface area contributed by atoms with Crippen LogP contribution >= 0.6 is 0 Å². The molecule has 146 valence electrons. The lowest BCUT2D eigenvalue weighted by atomic mass is 10.1. The molecule has 2 heterocycles. The molecule has 0 fully saturated rings. The van der Waals surface area contributed by atoms with E-state index >= 15 is 0 Å². The Morgan fingerprint density at radius 2 is 1.55 bits per heavy atom. The van der Waals surface area contributed by atoms with Crippen LogP contribution in [0.5, 0.6) is 0 Å². The molecular formula is C23H23N5O. The molecule has 2 aromatic heterocycles. The van der Waals surface area contributed by atoms with E-state index in [1.165, 1.54) is 5.56 Å². The average Bonchev–Trinajstić information content (AvgIpc) is 3.40. The van der Waals surface area contributed by atoms with Crippen LogP contribution in [0.2, 0.25) is 0 Å². The van der Waals surface area contributed by atoms with Crippen LogP contribution in [0.25, 0.3) is 11.4 Å². The Labute approximate surface area is 169 Å². The second kappa shape index (κ2) is 8.56. The van der Waals surface area contributed by atoms with E-state index < -0.39 is 0 Å². The molecule has 1 N–H and O–H groups in total. The lowest BCUT2D eigenvalue weighted by Gasteiger charge is -2.03. The predicted molar refractivity (Wildman–Crippen MR) is 113 cm³/mol. The van der Waals surface area contributed by atoms with Crippen molar-refractivity contribution in [3.05, 3.63) is 96.1 Å². The number of amides is 1. The Kier molecular flexibility index (Phi) is 5.52. The molecule has 0 aliphatic carbocycles. The van der Waals surface area contributed by atoms with Crippen LogP contribution in [-0.4, -0.2) is 32.0 Å². The molecule has 2 aromatic carbocycles. The zero-order valence-electron chi connectivity index (χ0n) is 16.3. The SMILES string of the molecule is Cc1nn(-c2ccccc2)cc1CCCNC(=O)c1ccn(-c2ccccc2)n1. The number of benzene rings is 2. The van der Waals surface area contributed by atoms with Gasteiger partial charge in [-0.05, 0) is 55.7 Å². The Morgan fingerprint density at radius 3 is 2.24 bits per heavy atom. The van der Waals surface area contributed by atoms with Crippen LogP contribution in [0.4, 0.5) is 0 Å². The van der Waals surface area contributed by atoms with Gasteiger partial charge in [0.05, 0.1) is 17.1 Å². The molecule has 0 bridgehead atoms. The van der Waals surface area contributed by atoms with Crippen molar-refractivity contribution in [3.63, 3.8) is 0 Å². The number of hydrogen-bond donors (Lipinski definition) is 1. The second-order valence-corrected chi connectivity index (χ2v) is 6.86. The maximum absolute atomic E-state index is 12.4. The van der Waals surface area contributed by atoms with Gasteiger partial charge < -0.3 is 5.32 Å². The van der Waals surface area contributed by atoms with E-state index in [0.717, 1.165) is 29.9 Å². The Bertz CT molecular complexity index is 1080. The monoisotopic (exact) mass is 385 g/mol. The topological polar surface area (TPSA) is 64.7 Å². The van der Waals surface area contributed by atoms with Gasteiger partial charge in [0, 0.05) is 18.9 Å². The lowest BCUT2D eigenvalue weighted by Crippen LogP contribution is -2.25. The Morgan fingerprint density at radius 1 is 0.897 bits per heavy atom. The summed E-state index contributed by atoms with van der Waals surface area (Å²) in [5.41, 5.74) is 4.60. The van der Waals surface area contributed by atoms with E-state index in [1.54, 1.807) is 16.9 Å². The van der Waals surface area contributed by atoms with Crippen molar-refractivity contribution in [3.8, 4) is 11.4 Å². The fourth-order valence-corrected chi connectivity index (χ4v) is 3.20. The highest BCUT2D eigenvalue weighted by molar-refractivity contribution is 5.92. The summed E-state index contributed by atoms with van der Waals surface area (Å²) in [6.07, 6.45) is 5.56. The molecule has 0 unspecified atom stereocenters. The zero-order chi connectivity index (χ0) is 20.1. The van der Waals surface area contributed by atoms with E-state index in [2.05, 4.69) is 21.7 Å². The third-order valence-corrected chi connectivity index (χ3v) is 4.77. The minimum Gasteiger partial charge on any atom is -0.351 e. The van der Waals surface area contributed by atoms with Gasteiger partial charge >= 0.3 is 0 Å².